The van der Waals surface area contributed by atoms with E-state index in [1.165, 1.54) is 5.56 Å². The highest BCUT2D eigenvalue weighted by atomic mass is 16.2. The molecule has 8 heteroatoms. The fourth-order valence-corrected chi connectivity index (χ4v) is 3.70. The monoisotopic (exact) mass is 405 g/mol. The van der Waals surface area contributed by atoms with Gasteiger partial charge in [-0.3, -0.25) is 0 Å². The summed E-state index contributed by atoms with van der Waals surface area (Å²) in [5.41, 5.74) is 4.04. The van der Waals surface area contributed by atoms with Gasteiger partial charge in [-0.15, -0.1) is 0 Å². The van der Waals surface area contributed by atoms with Crippen molar-refractivity contribution in [2.75, 3.05) is 36.4 Å². The van der Waals surface area contributed by atoms with Crippen LogP contribution in [0.15, 0.2) is 42.7 Å². The molecule has 1 N–H and O–H groups in total. The summed E-state index contributed by atoms with van der Waals surface area (Å²) in [7, 11) is 0. The van der Waals surface area contributed by atoms with E-state index in [9.17, 15) is 4.79 Å². The van der Waals surface area contributed by atoms with Gasteiger partial charge in [-0.25, -0.2) is 19.4 Å². The third-order valence-electron chi connectivity index (χ3n) is 5.34. The van der Waals surface area contributed by atoms with E-state index in [0.29, 0.717) is 13.1 Å². The second-order valence-corrected chi connectivity index (χ2v) is 7.53. The predicted molar refractivity (Wildman–Crippen MR) is 117 cm³/mol. The number of piperazine rings is 1. The molecule has 1 aliphatic heterocycles. The van der Waals surface area contributed by atoms with Crippen molar-refractivity contribution in [3.63, 3.8) is 0 Å². The summed E-state index contributed by atoms with van der Waals surface area (Å²) in [6.45, 7) is 8.79. The average molecular weight is 406 g/mol. The summed E-state index contributed by atoms with van der Waals surface area (Å²) in [4.78, 5) is 25.5. The maximum absolute atomic E-state index is 12.6. The molecule has 1 fully saturated rings. The van der Waals surface area contributed by atoms with Crippen LogP contribution in [0.5, 0.6) is 0 Å². The summed E-state index contributed by atoms with van der Waals surface area (Å²) >= 11 is 0. The van der Waals surface area contributed by atoms with E-state index in [4.69, 9.17) is 0 Å². The molecule has 0 unspecified atom stereocenters. The van der Waals surface area contributed by atoms with Crippen molar-refractivity contribution < 1.29 is 4.79 Å². The second kappa shape index (κ2) is 8.52. The number of benzene rings is 1. The quantitative estimate of drug-likeness (QED) is 0.721. The number of aryl methyl sites for hydroxylation is 3. The van der Waals surface area contributed by atoms with Crippen LogP contribution in [0.2, 0.25) is 0 Å². The Bertz CT molecular complexity index is 1040. The van der Waals surface area contributed by atoms with Crippen LogP contribution in [0.3, 0.4) is 0 Å². The molecule has 0 aliphatic carbocycles. The number of urea groups is 1. The van der Waals surface area contributed by atoms with Gasteiger partial charge in [0.2, 0.25) is 0 Å². The zero-order valence-electron chi connectivity index (χ0n) is 17.7. The fraction of sp³-hybridized carbons (Fsp3) is 0.364. The minimum absolute atomic E-state index is 0.0612. The third kappa shape index (κ3) is 4.27. The van der Waals surface area contributed by atoms with Gasteiger partial charge < -0.3 is 15.1 Å². The van der Waals surface area contributed by atoms with Crippen molar-refractivity contribution in [2.45, 2.75) is 27.2 Å². The predicted octanol–water partition coefficient (Wildman–Crippen LogP) is 3.20. The highest BCUT2D eigenvalue weighted by molar-refractivity contribution is 5.89. The molecular weight excluding hydrogens is 378 g/mol. The molecule has 2 aromatic heterocycles. The first-order valence-electron chi connectivity index (χ1n) is 10.3. The Labute approximate surface area is 176 Å². The first-order valence-corrected chi connectivity index (χ1v) is 10.3. The summed E-state index contributed by atoms with van der Waals surface area (Å²) in [6.07, 6.45) is 2.52. The molecule has 0 radical (unpaired) electrons. The maximum Gasteiger partial charge on any atom is 0.321 e. The Morgan fingerprint density at radius 3 is 2.50 bits per heavy atom. The molecule has 8 nitrogen and oxygen atoms in total. The Hall–Kier alpha value is -3.42. The van der Waals surface area contributed by atoms with Crippen LogP contribution >= 0.6 is 0 Å². The number of nitrogens with zero attached hydrogens (tertiary/aromatic N) is 6. The van der Waals surface area contributed by atoms with E-state index >= 15 is 0 Å². The SMILES string of the molecule is CCc1cccc(NC(=O)N2CCN(c3cc(-n4nc(C)cc4C)ncn3)CC2)c1. The van der Waals surface area contributed by atoms with Gasteiger partial charge in [0, 0.05) is 43.6 Å². The van der Waals surface area contributed by atoms with Crippen LogP contribution in [0.4, 0.5) is 16.3 Å². The van der Waals surface area contributed by atoms with Gasteiger partial charge >= 0.3 is 6.03 Å². The van der Waals surface area contributed by atoms with E-state index in [-0.39, 0.29) is 6.03 Å². The standard InChI is InChI=1S/C22H27N7O/c1-4-18-6-5-7-19(13-18)25-22(30)28-10-8-27(9-11-28)20-14-21(24-15-23-20)29-17(3)12-16(2)26-29/h5-7,12-15H,4,8-11H2,1-3H3,(H,25,30). The topological polar surface area (TPSA) is 79.2 Å². The number of nitrogens with one attached hydrogen (secondary N) is 1. The van der Waals surface area contributed by atoms with Crippen molar-refractivity contribution in [3.8, 4) is 5.82 Å². The van der Waals surface area contributed by atoms with Crippen LogP contribution in [0, 0.1) is 13.8 Å². The molecular formula is C22H27N7O. The molecule has 0 spiro atoms. The molecule has 0 atom stereocenters. The fourth-order valence-electron chi connectivity index (χ4n) is 3.70. The Kier molecular flexibility index (Phi) is 5.65. The van der Waals surface area contributed by atoms with Gasteiger partial charge in [-0.2, -0.15) is 5.10 Å². The molecule has 1 saturated heterocycles. The maximum atomic E-state index is 12.6. The summed E-state index contributed by atoms with van der Waals surface area (Å²) in [5.74, 6) is 1.60. The minimum Gasteiger partial charge on any atom is -0.353 e. The van der Waals surface area contributed by atoms with E-state index in [1.807, 2.05) is 53.8 Å². The molecule has 1 aliphatic rings. The molecule has 30 heavy (non-hydrogen) atoms. The summed E-state index contributed by atoms with van der Waals surface area (Å²) in [5, 5.41) is 7.51. The van der Waals surface area contributed by atoms with Crippen molar-refractivity contribution in [3.05, 3.63) is 59.7 Å². The average Bonchev–Trinajstić information content (AvgIpc) is 3.12. The second-order valence-electron chi connectivity index (χ2n) is 7.53. The number of carbonyl (C=O) groups is 1. The first kappa shape index (κ1) is 19.9. The Morgan fingerprint density at radius 1 is 1.03 bits per heavy atom. The zero-order valence-corrected chi connectivity index (χ0v) is 17.7. The van der Waals surface area contributed by atoms with Crippen LogP contribution in [0.1, 0.15) is 23.9 Å². The summed E-state index contributed by atoms with van der Waals surface area (Å²) in [6, 6.07) is 11.9. The van der Waals surface area contributed by atoms with Crippen molar-refractivity contribution in [1.82, 2.24) is 24.6 Å². The van der Waals surface area contributed by atoms with Gasteiger partial charge in [-0.05, 0) is 44.0 Å². The van der Waals surface area contributed by atoms with Crippen molar-refractivity contribution in [2.24, 2.45) is 0 Å². The molecule has 3 heterocycles. The van der Waals surface area contributed by atoms with E-state index in [1.54, 1.807) is 6.33 Å². The first-order chi connectivity index (χ1) is 14.5. The highest BCUT2D eigenvalue weighted by Gasteiger charge is 2.22. The Balaban J connectivity index is 1.39. The molecule has 0 bridgehead atoms. The van der Waals surface area contributed by atoms with E-state index in [0.717, 1.165) is 48.2 Å². The number of aromatic nitrogens is 4. The molecule has 2 amide bonds. The molecule has 0 saturated carbocycles. The van der Waals surface area contributed by atoms with Gasteiger partial charge in [0.05, 0.1) is 5.69 Å². The number of hydrogen-bond donors (Lipinski definition) is 1. The number of amides is 2. The summed E-state index contributed by atoms with van der Waals surface area (Å²) < 4.78 is 1.83. The lowest BCUT2D eigenvalue weighted by atomic mass is 10.1. The third-order valence-corrected chi connectivity index (χ3v) is 5.34. The molecule has 156 valence electrons. The lowest BCUT2D eigenvalue weighted by Gasteiger charge is -2.35. The van der Waals surface area contributed by atoms with Gasteiger partial charge in [0.15, 0.2) is 5.82 Å². The number of carbonyl (C=O) groups excluding carboxylic acids is 1. The van der Waals surface area contributed by atoms with Crippen LogP contribution < -0.4 is 10.2 Å². The van der Waals surface area contributed by atoms with Crippen molar-refractivity contribution >= 4 is 17.5 Å². The zero-order chi connectivity index (χ0) is 21.1. The van der Waals surface area contributed by atoms with E-state index < -0.39 is 0 Å². The van der Waals surface area contributed by atoms with Crippen LogP contribution in [-0.4, -0.2) is 56.9 Å². The van der Waals surface area contributed by atoms with Gasteiger partial charge in [0.25, 0.3) is 0 Å². The smallest absolute Gasteiger partial charge is 0.321 e. The number of hydrogen-bond acceptors (Lipinski definition) is 5. The lowest BCUT2D eigenvalue weighted by Crippen LogP contribution is -2.50. The molecule has 4 rings (SSSR count). The largest absolute Gasteiger partial charge is 0.353 e. The van der Waals surface area contributed by atoms with Crippen molar-refractivity contribution in [1.29, 1.82) is 0 Å². The van der Waals surface area contributed by atoms with E-state index in [2.05, 4.69) is 38.3 Å². The lowest BCUT2D eigenvalue weighted by molar-refractivity contribution is 0.208. The van der Waals surface area contributed by atoms with Crippen LogP contribution in [0.25, 0.3) is 5.82 Å². The number of anilines is 2. The van der Waals surface area contributed by atoms with Gasteiger partial charge in [-0.1, -0.05) is 19.1 Å². The van der Waals surface area contributed by atoms with Gasteiger partial charge in [0.1, 0.15) is 12.1 Å². The minimum atomic E-state index is -0.0612. The Morgan fingerprint density at radius 2 is 1.80 bits per heavy atom. The molecule has 3 aromatic rings. The number of rotatable bonds is 4. The molecule has 1 aromatic carbocycles. The highest BCUT2D eigenvalue weighted by Crippen LogP contribution is 2.18. The normalized spacial score (nSPS) is 14.1. The van der Waals surface area contributed by atoms with Crippen LogP contribution in [-0.2, 0) is 6.42 Å².